The molecule has 1 heterocycles. The second-order valence-electron chi connectivity index (χ2n) is 4.22. The molecule has 1 aliphatic carbocycles. The van der Waals surface area contributed by atoms with Crippen LogP contribution in [0, 0.1) is 4.77 Å². The summed E-state index contributed by atoms with van der Waals surface area (Å²) in [5, 5.41) is 5.13. The highest BCUT2D eigenvalue weighted by atomic mass is 32.1. The van der Waals surface area contributed by atoms with E-state index in [1.807, 2.05) is 0 Å². The van der Waals surface area contributed by atoms with Crippen molar-refractivity contribution in [1.29, 1.82) is 0 Å². The first-order valence-corrected chi connectivity index (χ1v) is 5.60. The Morgan fingerprint density at radius 2 is 2.27 bits per heavy atom. The number of likely N-dealkylation sites (N-methyl/N-ethyl adjacent to an activating group) is 1. The maximum atomic E-state index is 11.4. The first-order chi connectivity index (χ1) is 7.09. The molecule has 0 saturated heterocycles. The first-order valence-electron chi connectivity index (χ1n) is 5.19. The van der Waals surface area contributed by atoms with Gasteiger partial charge in [0.05, 0.1) is 0 Å². The topological polar surface area (TPSA) is 56.8 Å². The van der Waals surface area contributed by atoms with Crippen molar-refractivity contribution in [2.75, 3.05) is 7.05 Å². The number of nitrogens with one attached hydrogen (secondary N) is 2. The van der Waals surface area contributed by atoms with Crippen molar-refractivity contribution in [2.24, 2.45) is 0 Å². The van der Waals surface area contributed by atoms with Crippen LogP contribution in [0.15, 0.2) is 4.79 Å². The van der Waals surface area contributed by atoms with E-state index in [1.165, 1.54) is 12.8 Å². The summed E-state index contributed by atoms with van der Waals surface area (Å²) in [7, 11) is 2.10. The summed E-state index contributed by atoms with van der Waals surface area (Å²) < 4.78 is 2.04. The lowest BCUT2D eigenvalue weighted by atomic mass is 10.3. The summed E-state index contributed by atoms with van der Waals surface area (Å²) in [5.74, 6) is 0. The standard InChI is InChI=1S/C9H16N4OS/c1-6(12(2)7-3-4-7)5-13-8(14)10-11-9(13)15/h6-7H,3-5H2,1-2H3,(H,10,14)(H,11,15). The van der Waals surface area contributed by atoms with Crippen molar-refractivity contribution in [3.05, 3.63) is 15.3 Å². The third kappa shape index (κ3) is 2.21. The Labute approximate surface area is 93.1 Å². The van der Waals surface area contributed by atoms with E-state index in [0.717, 1.165) is 0 Å². The lowest BCUT2D eigenvalue weighted by Gasteiger charge is -2.24. The highest BCUT2D eigenvalue weighted by molar-refractivity contribution is 7.71. The zero-order chi connectivity index (χ0) is 11.0. The molecule has 1 unspecified atom stereocenters. The van der Waals surface area contributed by atoms with Crippen LogP contribution in [0.1, 0.15) is 19.8 Å². The molecule has 0 bridgehead atoms. The van der Waals surface area contributed by atoms with Crippen molar-refractivity contribution >= 4 is 12.2 Å². The van der Waals surface area contributed by atoms with E-state index in [1.54, 1.807) is 4.57 Å². The zero-order valence-corrected chi connectivity index (χ0v) is 9.80. The van der Waals surface area contributed by atoms with Gasteiger partial charge in [0.2, 0.25) is 0 Å². The molecule has 0 radical (unpaired) electrons. The number of hydrogen-bond acceptors (Lipinski definition) is 3. The minimum Gasteiger partial charge on any atom is -0.299 e. The maximum absolute atomic E-state index is 11.4. The molecule has 2 rings (SSSR count). The molecular weight excluding hydrogens is 212 g/mol. The molecule has 6 heteroatoms. The second-order valence-corrected chi connectivity index (χ2v) is 4.60. The van der Waals surface area contributed by atoms with Gasteiger partial charge in [-0.25, -0.2) is 9.89 Å². The predicted molar refractivity (Wildman–Crippen MR) is 60.5 cm³/mol. The monoisotopic (exact) mass is 228 g/mol. The fourth-order valence-electron chi connectivity index (χ4n) is 1.73. The van der Waals surface area contributed by atoms with Gasteiger partial charge in [-0.15, -0.1) is 0 Å². The van der Waals surface area contributed by atoms with Crippen LogP contribution in [0.4, 0.5) is 0 Å². The summed E-state index contributed by atoms with van der Waals surface area (Å²) in [5.41, 5.74) is -0.156. The maximum Gasteiger partial charge on any atom is 0.342 e. The minimum atomic E-state index is -0.156. The second kappa shape index (κ2) is 3.94. The van der Waals surface area contributed by atoms with E-state index in [4.69, 9.17) is 12.2 Å². The largest absolute Gasteiger partial charge is 0.342 e. The summed E-state index contributed by atoms with van der Waals surface area (Å²) in [6.07, 6.45) is 2.55. The van der Waals surface area contributed by atoms with Gasteiger partial charge in [-0.1, -0.05) is 0 Å². The molecule has 1 atom stereocenters. The van der Waals surface area contributed by atoms with Gasteiger partial charge in [-0.3, -0.25) is 14.6 Å². The molecule has 1 aliphatic rings. The van der Waals surface area contributed by atoms with Crippen molar-refractivity contribution in [1.82, 2.24) is 19.7 Å². The number of hydrogen-bond donors (Lipinski definition) is 2. The first kappa shape index (κ1) is 10.6. The van der Waals surface area contributed by atoms with Gasteiger partial charge in [-0.05, 0) is 39.0 Å². The van der Waals surface area contributed by atoms with Crippen LogP contribution in [-0.2, 0) is 6.54 Å². The molecule has 1 aromatic heterocycles. The van der Waals surface area contributed by atoms with E-state index >= 15 is 0 Å². The number of rotatable bonds is 4. The predicted octanol–water partition coefficient (Wildman–Crippen LogP) is 0.717. The average molecular weight is 228 g/mol. The van der Waals surface area contributed by atoms with Gasteiger partial charge in [0.25, 0.3) is 0 Å². The molecule has 5 nitrogen and oxygen atoms in total. The normalized spacial score (nSPS) is 18.3. The van der Waals surface area contributed by atoms with Crippen molar-refractivity contribution in [2.45, 2.75) is 38.4 Å². The van der Waals surface area contributed by atoms with Gasteiger partial charge >= 0.3 is 5.69 Å². The Balaban J connectivity index is 2.07. The SMILES string of the molecule is CC(Cn1c(=O)[nH][nH]c1=S)N(C)C1CC1. The van der Waals surface area contributed by atoms with Crippen molar-refractivity contribution in [3.63, 3.8) is 0 Å². The molecule has 0 amide bonds. The van der Waals surface area contributed by atoms with Crippen LogP contribution in [0.3, 0.4) is 0 Å². The van der Waals surface area contributed by atoms with Crippen LogP contribution in [0.5, 0.6) is 0 Å². The van der Waals surface area contributed by atoms with E-state index in [0.29, 0.717) is 23.4 Å². The van der Waals surface area contributed by atoms with Crippen LogP contribution < -0.4 is 5.69 Å². The molecular formula is C9H16N4OS. The van der Waals surface area contributed by atoms with Crippen LogP contribution in [0.2, 0.25) is 0 Å². The molecule has 1 fully saturated rings. The molecule has 1 aromatic rings. The Kier molecular flexibility index (Phi) is 2.79. The van der Waals surface area contributed by atoms with Gasteiger partial charge in [0.15, 0.2) is 4.77 Å². The molecule has 15 heavy (non-hydrogen) atoms. The van der Waals surface area contributed by atoms with Crippen molar-refractivity contribution in [3.8, 4) is 0 Å². The number of aromatic nitrogens is 3. The number of aromatic amines is 2. The Morgan fingerprint density at radius 1 is 1.60 bits per heavy atom. The van der Waals surface area contributed by atoms with Crippen molar-refractivity contribution < 1.29 is 0 Å². The lowest BCUT2D eigenvalue weighted by molar-refractivity contribution is 0.223. The van der Waals surface area contributed by atoms with E-state index in [2.05, 4.69) is 29.1 Å². The lowest BCUT2D eigenvalue weighted by Crippen LogP contribution is -2.36. The van der Waals surface area contributed by atoms with Gasteiger partial charge < -0.3 is 0 Å². The Morgan fingerprint density at radius 3 is 2.73 bits per heavy atom. The average Bonchev–Trinajstić information content (AvgIpc) is 3.00. The van der Waals surface area contributed by atoms with Crippen LogP contribution in [0.25, 0.3) is 0 Å². The minimum absolute atomic E-state index is 0.156. The summed E-state index contributed by atoms with van der Waals surface area (Å²) in [6.45, 7) is 2.76. The number of nitrogens with zero attached hydrogens (tertiary/aromatic N) is 2. The third-order valence-corrected chi connectivity index (χ3v) is 3.35. The molecule has 2 N–H and O–H groups in total. The van der Waals surface area contributed by atoms with Gasteiger partial charge in [0.1, 0.15) is 0 Å². The number of H-pyrrole nitrogens is 2. The zero-order valence-electron chi connectivity index (χ0n) is 8.99. The van der Waals surface area contributed by atoms with Gasteiger partial charge in [-0.2, -0.15) is 0 Å². The van der Waals surface area contributed by atoms with Gasteiger partial charge in [0, 0.05) is 18.6 Å². The summed E-state index contributed by atoms with van der Waals surface area (Å²) in [4.78, 5) is 13.7. The fourth-order valence-corrected chi connectivity index (χ4v) is 1.94. The van der Waals surface area contributed by atoms with Crippen LogP contribution in [-0.4, -0.2) is 38.8 Å². The molecule has 1 saturated carbocycles. The van der Waals surface area contributed by atoms with E-state index < -0.39 is 0 Å². The smallest absolute Gasteiger partial charge is 0.299 e. The Bertz CT molecular complexity index is 414. The van der Waals surface area contributed by atoms with Crippen LogP contribution >= 0.6 is 12.2 Å². The fraction of sp³-hybridized carbons (Fsp3) is 0.778. The molecule has 0 spiro atoms. The molecule has 84 valence electrons. The quantitative estimate of drug-likeness (QED) is 0.746. The summed E-state index contributed by atoms with van der Waals surface area (Å²) >= 11 is 5.02. The van der Waals surface area contributed by atoms with E-state index in [-0.39, 0.29) is 5.69 Å². The Hall–Kier alpha value is -0.880. The molecule has 0 aliphatic heterocycles. The highest BCUT2D eigenvalue weighted by Crippen LogP contribution is 2.27. The van der Waals surface area contributed by atoms with E-state index in [9.17, 15) is 4.79 Å². The molecule has 0 aromatic carbocycles. The third-order valence-electron chi connectivity index (χ3n) is 3.03. The summed E-state index contributed by atoms with van der Waals surface area (Å²) in [6, 6.07) is 1.04. The highest BCUT2D eigenvalue weighted by Gasteiger charge is 2.29.